The highest BCUT2D eigenvalue weighted by Gasteiger charge is 2.29. The van der Waals surface area contributed by atoms with Crippen molar-refractivity contribution >= 4 is 22.8 Å². The molecule has 0 fully saturated rings. The van der Waals surface area contributed by atoms with Crippen LogP contribution in [0, 0.1) is 5.92 Å². The average Bonchev–Trinajstić information content (AvgIpc) is 3.08. The van der Waals surface area contributed by atoms with E-state index in [0.29, 0.717) is 42.8 Å². The second-order valence-corrected chi connectivity index (χ2v) is 7.24. The minimum absolute atomic E-state index is 0.230. The normalized spacial score (nSPS) is 16.5. The number of fused-ring (bicyclic) bond motifs is 3. The molecule has 8 nitrogen and oxygen atoms in total. The van der Waals surface area contributed by atoms with Gasteiger partial charge in [-0.3, -0.25) is 13.9 Å². The average molecular weight is 383 g/mol. The molecule has 0 aliphatic carbocycles. The molecule has 1 aliphatic heterocycles. The molecule has 148 valence electrons. The number of benzene rings is 1. The van der Waals surface area contributed by atoms with Gasteiger partial charge in [0.05, 0.1) is 13.2 Å². The molecule has 0 amide bonds. The van der Waals surface area contributed by atoms with Crippen LogP contribution < -0.4 is 16.1 Å². The number of anilines is 2. The zero-order valence-electron chi connectivity index (χ0n) is 16.5. The van der Waals surface area contributed by atoms with Gasteiger partial charge >= 0.3 is 5.69 Å². The SMILES string of the molecule is CCOCCn1c(=O)c2c(nc3n2C[C@@H](C)CN3c2ccccc2)n(C)c1=O. The van der Waals surface area contributed by atoms with Crippen molar-refractivity contribution in [3.8, 4) is 0 Å². The minimum atomic E-state index is -0.369. The van der Waals surface area contributed by atoms with Crippen molar-refractivity contribution < 1.29 is 4.74 Å². The molecule has 1 aromatic carbocycles. The lowest BCUT2D eigenvalue weighted by atomic mass is 10.1. The standard InChI is InChI=1S/C20H25N5O3/c1-4-28-11-10-23-18(26)16-17(22(3)20(23)27)21-19-24(12-14(2)13-25(16)19)15-8-6-5-7-9-15/h5-9,14H,4,10-13H2,1-3H3/t14-/m0/s1. The Labute approximate surface area is 162 Å². The van der Waals surface area contributed by atoms with Crippen molar-refractivity contribution in [1.82, 2.24) is 18.7 Å². The quantitative estimate of drug-likeness (QED) is 0.627. The fourth-order valence-electron chi connectivity index (χ4n) is 3.83. The molecule has 0 N–H and O–H groups in total. The predicted molar refractivity (Wildman–Crippen MR) is 108 cm³/mol. The highest BCUT2D eigenvalue weighted by atomic mass is 16.5. The number of rotatable bonds is 5. The van der Waals surface area contributed by atoms with Gasteiger partial charge in [-0.15, -0.1) is 0 Å². The van der Waals surface area contributed by atoms with Crippen LogP contribution in [0.3, 0.4) is 0 Å². The molecule has 0 saturated carbocycles. The molecule has 8 heteroatoms. The smallest absolute Gasteiger partial charge is 0.332 e. The first kappa shape index (κ1) is 18.5. The van der Waals surface area contributed by atoms with Gasteiger partial charge < -0.3 is 14.2 Å². The largest absolute Gasteiger partial charge is 0.380 e. The number of aromatic nitrogens is 4. The van der Waals surface area contributed by atoms with Crippen LogP contribution in [-0.2, 0) is 24.9 Å². The molecular weight excluding hydrogens is 358 g/mol. The van der Waals surface area contributed by atoms with Crippen molar-refractivity contribution in [1.29, 1.82) is 0 Å². The Morgan fingerprint density at radius 1 is 1.18 bits per heavy atom. The van der Waals surface area contributed by atoms with Crippen LogP contribution in [0.2, 0.25) is 0 Å². The Morgan fingerprint density at radius 2 is 1.93 bits per heavy atom. The van der Waals surface area contributed by atoms with Gasteiger partial charge in [0.1, 0.15) is 0 Å². The van der Waals surface area contributed by atoms with Crippen molar-refractivity contribution in [2.24, 2.45) is 13.0 Å². The number of hydrogen-bond acceptors (Lipinski definition) is 5. The molecule has 4 rings (SSSR count). The summed E-state index contributed by atoms with van der Waals surface area (Å²) >= 11 is 0. The van der Waals surface area contributed by atoms with Gasteiger partial charge in [-0.1, -0.05) is 25.1 Å². The molecule has 0 unspecified atom stereocenters. The maximum atomic E-state index is 13.2. The first-order valence-corrected chi connectivity index (χ1v) is 9.63. The zero-order valence-corrected chi connectivity index (χ0v) is 16.5. The molecule has 3 heterocycles. The third-order valence-electron chi connectivity index (χ3n) is 5.17. The van der Waals surface area contributed by atoms with Crippen LogP contribution in [-0.4, -0.2) is 38.4 Å². The molecular formula is C20H25N5O3. The molecule has 1 aliphatic rings. The summed E-state index contributed by atoms with van der Waals surface area (Å²) in [6.07, 6.45) is 0. The lowest BCUT2D eigenvalue weighted by Crippen LogP contribution is -2.41. The maximum Gasteiger partial charge on any atom is 0.332 e. The van der Waals surface area contributed by atoms with Crippen LogP contribution in [0.1, 0.15) is 13.8 Å². The summed E-state index contributed by atoms with van der Waals surface area (Å²) in [5.74, 6) is 1.03. The molecule has 1 atom stereocenters. The van der Waals surface area contributed by atoms with E-state index in [1.165, 1.54) is 9.13 Å². The van der Waals surface area contributed by atoms with E-state index in [1.54, 1.807) is 7.05 Å². The van der Waals surface area contributed by atoms with E-state index in [9.17, 15) is 9.59 Å². The van der Waals surface area contributed by atoms with E-state index in [0.717, 1.165) is 12.2 Å². The summed E-state index contributed by atoms with van der Waals surface area (Å²) in [5, 5.41) is 0. The molecule has 0 spiro atoms. The second kappa shape index (κ2) is 7.27. The number of hydrogen-bond donors (Lipinski definition) is 0. The van der Waals surface area contributed by atoms with E-state index in [1.807, 2.05) is 41.8 Å². The summed E-state index contributed by atoms with van der Waals surface area (Å²) in [5.41, 5.74) is 1.24. The van der Waals surface area contributed by atoms with Crippen molar-refractivity contribution in [3.63, 3.8) is 0 Å². The van der Waals surface area contributed by atoms with Gasteiger partial charge in [-0.2, -0.15) is 4.98 Å². The zero-order chi connectivity index (χ0) is 19.8. The van der Waals surface area contributed by atoms with Gasteiger partial charge in [-0.25, -0.2) is 4.79 Å². The van der Waals surface area contributed by atoms with Gasteiger partial charge in [0.25, 0.3) is 5.56 Å². The highest BCUT2D eigenvalue weighted by molar-refractivity contribution is 5.77. The van der Waals surface area contributed by atoms with Gasteiger partial charge in [0.2, 0.25) is 5.95 Å². The van der Waals surface area contributed by atoms with Crippen LogP contribution >= 0.6 is 0 Å². The van der Waals surface area contributed by atoms with Gasteiger partial charge in [0.15, 0.2) is 11.2 Å². The molecule has 0 saturated heterocycles. The van der Waals surface area contributed by atoms with Gasteiger partial charge in [0, 0.05) is 32.4 Å². The summed E-state index contributed by atoms with van der Waals surface area (Å²) in [7, 11) is 1.66. The molecule has 0 radical (unpaired) electrons. The Balaban J connectivity index is 1.93. The number of ether oxygens (including phenoxy) is 1. The molecule has 2 aromatic heterocycles. The fraction of sp³-hybridized carbons (Fsp3) is 0.450. The van der Waals surface area contributed by atoms with E-state index >= 15 is 0 Å². The van der Waals surface area contributed by atoms with Crippen molar-refractivity contribution in [3.05, 3.63) is 51.2 Å². The monoisotopic (exact) mass is 383 g/mol. The topological polar surface area (TPSA) is 74.3 Å². The Hall–Kier alpha value is -2.87. The van der Waals surface area contributed by atoms with Crippen molar-refractivity contribution in [2.45, 2.75) is 26.9 Å². The third kappa shape index (κ3) is 2.93. The van der Waals surface area contributed by atoms with E-state index in [2.05, 4.69) is 11.8 Å². The summed E-state index contributed by atoms with van der Waals surface area (Å²) < 4.78 is 10.0. The first-order chi connectivity index (χ1) is 13.5. The Kier molecular flexibility index (Phi) is 4.80. The molecule has 28 heavy (non-hydrogen) atoms. The second-order valence-electron chi connectivity index (χ2n) is 7.24. The van der Waals surface area contributed by atoms with E-state index < -0.39 is 0 Å². The maximum absolute atomic E-state index is 13.2. The first-order valence-electron chi connectivity index (χ1n) is 9.63. The number of nitrogens with zero attached hydrogens (tertiary/aromatic N) is 5. The van der Waals surface area contributed by atoms with Crippen molar-refractivity contribution in [2.75, 3.05) is 24.7 Å². The highest BCUT2D eigenvalue weighted by Crippen LogP contribution is 2.32. The Bertz CT molecular complexity index is 1110. The Morgan fingerprint density at radius 3 is 2.64 bits per heavy atom. The predicted octanol–water partition coefficient (Wildman–Crippen LogP) is 1.72. The summed E-state index contributed by atoms with van der Waals surface area (Å²) in [6, 6.07) is 10.00. The lowest BCUT2D eigenvalue weighted by molar-refractivity contribution is 0.137. The van der Waals surface area contributed by atoms with Crippen LogP contribution in [0.4, 0.5) is 11.6 Å². The number of imidazole rings is 1. The lowest BCUT2D eigenvalue weighted by Gasteiger charge is -2.32. The summed E-state index contributed by atoms with van der Waals surface area (Å²) in [6.45, 7) is 6.63. The third-order valence-corrected chi connectivity index (χ3v) is 5.17. The van der Waals surface area contributed by atoms with E-state index in [-0.39, 0.29) is 17.8 Å². The minimum Gasteiger partial charge on any atom is -0.380 e. The molecule has 0 bridgehead atoms. The van der Waals surface area contributed by atoms with E-state index in [4.69, 9.17) is 9.72 Å². The number of para-hydroxylation sites is 1. The summed E-state index contributed by atoms with van der Waals surface area (Å²) in [4.78, 5) is 32.8. The molecule has 3 aromatic rings. The van der Waals surface area contributed by atoms with Crippen LogP contribution in [0.5, 0.6) is 0 Å². The fourth-order valence-corrected chi connectivity index (χ4v) is 3.83. The van der Waals surface area contributed by atoms with Crippen LogP contribution in [0.25, 0.3) is 11.2 Å². The number of aryl methyl sites for hydroxylation is 1. The van der Waals surface area contributed by atoms with Crippen LogP contribution in [0.15, 0.2) is 39.9 Å². The van der Waals surface area contributed by atoms with Gasteiger partial charge in [-0.05, 0) is 25.0 Å².